The summed E-state index contributed by atoms with van der Waals surface area (Å²) in [6.45, 7) is 3.76. The molecule has 142 valence electrons. The Kier molecular flexibility index (Phi) is 4.21. The van der Waals surface area contributed by atoms with Gasteiger partial charge in [0.15, 0.2) is 0 Å². The van der Waals surface area contributed by atoms with Crippen molar-refractivity contribution in [2.45, 2.75) is 26.3 Å². The second-order valence-electron chi connectivity index (χ2n) is 7.87. The molecule has 3 aromatic carbocycles. The summed E-state index contributed by atoms with van der Waals surface area (Å²) in [5.74, 6) is 0.0631. The normalized spacial score (nSPS) is 17.7. The van der Waals surface area contributed by atoms with Crippen molar-refractivity contribution in [3.8, 4) is 0 Å². The molecule has 2 aliphatic rings. The number of fused-ring (bicyclic) bond motifs is 2. The van der Waals surface area contributed by atoms with Crippen molar-refractivity contribution in [2.24, 2.45) is 0 Å². The monoisotopic (exact) mass is 377 g/mol. The molecule has 0 radical (unpaired) electrons. The third kappa shape index (κ3) is 2.92. The average Bonchev–Trinajstić information content (AvgIpc) is 3.12. The van der Waals surface area contributed by atoms with E-state index >= 15 is 0 Å². The lowest BCUT2D eigenvalue weighted by molar-refractivity contribution is -0.127. The van der Waals surface area contributed by atoms with Crippen molar-refractivity contribution >= 4 is 17.2 Å². The van der Waals surface area contributed by atoms with Crippen molar-refractivity contribution < 1.29 is 4.79 Å². The van der Waals surface area contributed by atoms with E-state index in [4.69, 9.17) is 0 Å². The van der Waals surface area contributed by atoms with Crippen molar-refractivity contribution in [3.05, 3.63) is 118 Å². The van der Waals surface area contributed by atoms with E-state index in [1.807, 2.05) is 11.0 Å². The molecule has 1 heterocycles. The molecule has 1 aliphatic carbocycles. The van der Waals surface area contributed by atoms with Gasteiger partial charge >= 0.3 is 0 Å². The standard InChI is InChI=1S/C27H23NO/c1-18-12-14-20(15-13-18)26-17-24-23-11-7-6-10-22(23)16-25(24)27(28(26)19(2)29)21-8-4-3-5-9-21/h3-15,17,27H,16H2,1-2H3/t27-/m0/s1. The van der Waals surface area contributed by atoms with Crippen LogP contribution in [0.2, 0.25) is 0 Å². The topological polar surface area (TPSA) is 20.3 Å². The maximum Gasteiger partial charge on any atom is 0.224 e. The SMILES string of the molecule is CC(=O)N1C(c2ccc(C)cc2)=CC2=C(Cc3ccccc32)[C@@H]1c1ccccc1. The summed E-state index contributed by atoms with van der Waals surface area (Å²) in [6, 6.07) is 27.4. The Morgan fingerprint density at radius 1 is 0.897 bits per heavy atom. The maximum absolute atomic E-state index is 13.0. The molecule has 0 N–H and O–H groups in total. The zero-order valence-corrected chi connectivity index (χ0v) is 16.7. The number of carbonyl (C=O) groups excluding carboxylic acids is 1. The molecule has 5 rings (SSSR count). The Balaban J connectivity index is 1.76. The van der Waals surface area contributed by atoms with E-state index in [2.05, 4.69) is 85.8 Å². The highest BCUT2D eigenvalue weighted by molar-refractivity contribution is 5.97. The number of carbonyl (C=O) groups is 1. The van der Waals surface area contributed by atoms with E-state index in [1.165, 1.54) is 27.8 Å². The third-order valence-electron chi connectivity index (χ3n) is 5.97. The van der Waals surface area contributed by atoms with Crippen LogP contribution in [0.3, 0.4) is 0 Å². The number of aryl methyl sites for hydroxylation is 1. The molecule has 0 fully saturated rings. The summed E-state index contributed by atoms with van der Waals surface area (Å²) >= 11 is 0. The van der Waals surface area contributed by atoms with E-state index in [9.17, 15) is 4.79 Å². The van der Waals surface area contributed by atoms with Gasteiger partial charge in [0, 0.05) is 6.92 Å². The van der Waals surface area contributed by atoms with Crippen LogP contribution < -0.4 is 0 Å². The first kappa shape index (κ1) is 17.7. The summed E-state index contributed by atoms with van der Waals surface area (Å²) < 4.78 is 0. The Morgan fingerprint density at radius 3 is 2.31 bits per heavy atom. The van der Waals surface area contributed by atoms with Gasteiger partial charge in [0.2, 0.25) is 5.91 Å². The van der Waals surface area contributed by atoms with Crippen molar-refractivity contribution in [2.75, 3.05) is 0 Å². The van der Waals surface area contributed by atoms with E-state index in [0.717, 1.165) is 23.2 Å². The summed E-state index contributed by atoms with van der Waals surface area (Å²) in [6.07, 6.45) is 3.10. The molecule has 0 unspecified atom stereocenters. The molecule has 0 saturated heterocycles. The first-order chi connectivity index (χ1) is 14.1. The van der Waals surface area contributed by atoms with Gasteiger partial charge in [-0.15, -0.1) is 0 Å². The van der Waals surface area contributed by atoms with Gasteiger partial charge in [-0.05, 0) is 52.8 Å². The van der Waals surface area contributed by atoms with Gasteiger partial charge < -0.3 is 4.90 Å². The second kappa shape index (κ2) is 6.89. The third-order valence-corrected chi connectivity index (χ3v) is 5.97. The van der Waals surface area contributed by atoms with Gasteiger partial charge in [-0.1, -0.05) is 84.4 Å². The summed E-state index contributed by atoms with van der Waals surface area (Å²) in [5, 5.41) is 0. The van der Waals surface area contributed by atoms with Crippen molar-refractivity contribution in [1.82, 2.24) is 4.90 Å². The largest absolute Gasteiger partial charge is 0.301 e. The van der Waals surface area contributed by atoms with Gasteiger partial charge in [-0.3, -0.25) is 4.79 Å². The number of allylic oxidation sites excluding steroid dienone is 2. The molecule has 1 amide bonds. The Morgan fingerprint density at radius 2 is 1.59 bits per heavy atom. The van der Waals surface area contributed by atoms with Crippen LogP contribution in [0.5, 0.6) is 0 Å². The molecule has 2 nitrogen and oxygen atoms in total. The maximum atomic E-state index is 13.0. The molecule has 1 aliphatic heterocycles. The fourth-order valence-electron chi connectivity index (χ4n) is 4.61. The van der Waals surface area contributed by atoms with Gasteiger partial charge in [0.1, 0.15) is 0 Å². The van der Waals surface area contributed by atoms with Crippen LogP contribution in [-0.2, 0) is 11.2 Å². The summed E-state index contributed by atoms with van der Waals surface area (Å²) in [4.78, 5) is 14.9. The molecular formula is C27H23NO. The lowest BCUT2D eigenvalue weighted by Crippen LogP contribution is -2.35. The van der Waals surface area contributed by atoms with E-state index in [0.29, 0.717) is 0 Å². The van der Waals surface area contributed by atoms with Crippen LogP contribution in [0, 0.1) is 6.92 Å². The number of amides is 1. The lowest BCUT2D eigenvalue weighted by Gasteiger charge is -2.38. The molecule has 2 heteroatoms. The fraction of sp³-hybridized carbons (Fsp3) is 0.148. The molecule has 0 bridgehead atoms. The van der Waals surface area contributed by atoms with Gasteiger partial charge in [0.05, 0.1) is 11.7 Å². The number of hydrogen-bond donors (Lipinski definition) is 0. The van der Waals surface area contributed by atoms with Crippen LogP contribution in [0.4, 0.5) is 0 Å². The van der Waals surface area contributed by atoms with Crippen molar-refractivity contribution in [1.29, 1.82) is 0 Å². The zero-order valence-electron chi connectivity index (χ0n) is 16.7. The lowest BCUT2D eigenvalue weighted by atomic mass is 9.87. The first-order valence-electron chi connectivity index (χ1n) is 10.1. The quantitative estimate of drug-likeness (QED) is 0.540. The van der Waals surface area contributed by atoms with Crippen LogP contribution in [-0.4, -0.2) is 10.8 Å². The van der Waals surface area contributed by atoms with Gasteiger partial charge in [-0.25, -0.2) is 0 Å². The minimum absolute atomic E-state index is 0.0631. The Hall–Kier alpha value is -3.39. The minimum atomic E-state index is -0.0857. The number of rotatable bonds is 2. The van der Waals surface area contributed by atoms with Crippen LogP contribution >= 0.6 is 0 Å². The predicted molar refractivity (Wildman–Crippen MR) is 118 cm³/mol. The van der Waals surface area contributed by atoms with Crippen LogP contribution in [0.1, 0.15) is 40.8 Å². The molecule has 0 aromatic heterocycles. The summed E-state index contributed by atoms with van der Waals surface area (Å²) in [5.41, 5.74) is 9.61. The zero-order chi connectivity index (χ0) is 20.0. The highest BCUT2D eigenvalue weighted by Crippen LogP contribution is 2.49. The van der Waals surface area contributed by atoms with Crippen molar-refractivity contribution in [3.63, 3.8) is 0 Å². The number of benzene rings is 3. The van der Waals surface area contributed by atoms with Gasteiger partial charge in [-0.2, -0.15) is 0 Å². The minimum Gasteiger partial charge on any atom is -0.301 e. The van der Waals surface area contributed by atoms with E-state index in [1.54, 1.807) is 6.92 Å². The molecular weight excluding hydrogens is 354 g/mol. The highest BCUT2D eigenvalue weighted by atomic mass is 16.2. The van der Waals surface area contributed by atoms with Gasteiger partial charge in [0.25, 0.3) is 0 Å². The number of nitrogens with zero attached hydrogens (tertiary/aromatic N) is 1. The number of hydrogen-bond acceptors (Lipinski definition) is 1. The van der Waals surface area contributed by atoms with E-state index < -0.39 is 0 Å². The molecule has 3 aromatic rings. The average molecular weight is 377 g/mol. The van der Waals surface area contributed by atoms with Crippen LogP contribution in [0.15, 0.2) is 90.5 Å². The predicted octanol–water partition coefficient (Wildman–Crippen LogP) is 5.95. The van der Waals surface area contributed by atoms with Crippen LogP contribution in [0.25, 0.3) is 11.3 Å². The van der Waals surface area contributed by atoms with E-state index in [-0.39, 0.29) is 11.9 Å². The molecule has 29 heavy (non-hydrogen) atoms. The first-order valence-corrected chi connectivity index (χ1v) is 10.1. The molecule has 0 spiro atoms. The second-order valence-corrected chi connectivity index (χ2v) is 7.87. The Labute approximate surface area is 171 Å². The molecule has 1 atom stereocenters. The Bertz CT molecular complexity index is 1150. The highest BCUT2D eigenvalue weighted by Gasteiger charge is 2.38. The summed E-state index contributed by atoms with van der Waals surface area (Å²) in [7, 11) is 0. The molecule has 0 saturated carbocycles. The fourth-order valence-corrected chi connectivity index (χ4v) is 4.61. The smallest absolute Gasteiger partial charge is 0.224 e.